The molecule has 0 saturated heterocycles. The van der Waals surface area contributed by atoms with Gasteiger partial charge in [0.1, 0.15) is 18.1 Å². The van der Waals surface area contributed by atoms with Gasteiger partial charge in [0, 0.05) is 12.8 Å². The molecule has 156 valence electrons. The lowest BCUT2D eigenvalue weighted by Gasteiger charge is -2.10. The predicted octanol–water partition coefficient (Wildman–Crippen LogP) is 3.24. The summed E-state index contributed by atoms with van der Waals surface area (Å²) in [5, 5.41) is 2.77. The van der Waals surface area contributed by atoms with Crippen LogP contribution in [0.4, 0.5) is 0 Å². The highest BCUT2D eigenvalue weighted by Gasteiger charge is 2.09. The van der Waals surface area contributed by atoms with Crippen LogP contribution in [-0.2, 0) is 27.2 Å². The lowest BCUT2D eigenvalue weighted by Crippen LogP contribution is -2.28. The van der Waals surface area contributed by atoms with E-state index in [0.29, 0.717) is 37.3 Å². The summed E-state index contributed by atoms with van der Waals surface area (Å²) in [7, 11) is 3.18. The van der Waals surface area contributed by atoms with Crippen molar-refractivity contribution in [2.45, 2.75) is 32.6 Å². The van der Waals surface area contributed by atoms with E-state index in [1.54, 1.807) is 14.2 Å². The summed E-state index contributed by atoms with van der Waals surface area (Å²) in [6.07, 6.45) is 1.81. The maximum atomic E-state index is 11.9. The number of methoxy groups -OCH3 is 2. The molecule has 2 aromatic rings. The summed E-state index contributed by atoms with van der Waals surface area (Å²) >= 11 is 0. The molecule has 0 aliphatic rings. The maximum absolute atomic E-state index is 11.9. The molecule has 2 aromatic carbocycles. The van der Waals surface area contributed by atoms with E-state index in [1.165, 1.54) is 5.56 Å². The maximum Gasteiger partial charge on any atom is 0.306 e. The van der Waals surface area contributed by atoms with Crippen molar-refractivity contribution in [3.63, 3.8) is 0 Å². The predicted molar refractivity (Wildman–Crippen MR) is 111 cm³/mol. The van der Waals surface area contributed by atoms with Gasteiger partial charge in [0.05, 0.1) is 20.8 Å². The van der Waals surface area contributed by atoms with Crippen molar-refractivity contribution in [3.8, 4) is 11.5 Å². The fraction of sp³-hybridized carbons (Fsp3) is 0.391. The van der Waals surface area contributed by atoms with E-state index in [2.05, 4.69) is 5.32 Å². The lowest BCUT2D eigenvalue weighted by molar-refractivity contribution is -0.143. The molecule has 0 unspecified atom stereocenters. The number of ether oxygens (including phenoxy) is 3. The van der Waals surface area contributed by atoms with Crippen LogP contribution in [0.5, 0.6) is 11.5 Å². The van der Waals surface area contributed by atoms with Gasteiger partial charge in [0.2, 0.25) is 5.91 Å². The quantitative estimate of drug-likeness (QED) is 0.464. The van der Waals surface area contributed by atoms with Gasteiger partial charge in [-0.1, -0.05) is 29.8 Å². The topological polar surface area (TPSA) is 73.9 Å². The molecule has 2 rings (SSSR count). The Hall–Kier alpha value is -3.02. The van der Waals surface area contributed by atoms with Crippen molar-refractivity contribution >= 4 is 11.9 Å². The van der Waals surface area contributed by atoms with Crippen molar-refractivity contribution in [2.24, 2.45) is 0 Å². The van der Waals surface area contributed by atoms with Gasteiger partial charge in [-0.15, -0.1) is 0 Å². The fourth-order valence-electron chi connectivity index (χ4n) is 2.84. The van der Waals surface area contributed by atoms with Gasteiger partial charge >= 0.3 is 5.97 Å². The number of carbonyl (C=O) groups excluding carboxylic acids is 2. The molecular weight excluding hydrogens is 370 g/mol. The standard InChI is InChI=1S/C23H29NO5/c1-17-4-6-18(7-5-17)8-12-22(25)24-14-15-29-23(26)13-9-19-16-20(27-2)10-11-21(19)28-3/h4-7,10-11,16H,8-9,12-15H2,1-3H3,(H,24,25). The molecule has 0 aromatic heterocycles. The van der Waals surface area contributed by atoms with Crippen LogP contribution < -0.4 is 14.8 Å². The zero-order chi connectivity index (χ0) is 21.1. The van der Waals surface area contributed by atoms with Crippen molar-refractivity contribution in [3.05, 3.63) is 59.2 Å². The number of hydrogen-bond donors (Lipinski definition) is 1. The summed E-state index contributed by atoms with van der Waals surface area (Å²) in [4.78, 5) is 23.8. The Bertz CT molecular complexity index is 801. The molecule has 0 heterocycles. The summed E-state index contributed by atoms with van der Waals surface area (Å²) in [5.41, 5.74) is 3.21. The molecule has 1 amide bonds. The van der Waals surface area contributed by atoms with Crippen LogP contribution in [0.3, 0.4) is 0 Å². The number of hydrogen-bond acceptors (Lipinski definition) is 5. The van der Waals surface area contributed by atoms with Gasteiger partial charge in [0.15, 0.2) is 0 Å². The largest absolute Gasteiger partial charge is 0.497 e. The molecule has 0 bridgehead atoms. The van der Waals surface area contributed by atoms with Crippen LogP contribution in [0.15, 0.2) is 42.5 Å². The van der Waals surface area contributed by atoms with Crippen LogP contribution in [0, 0.1) is 6.92 Å². The zero-order valence-electron chi connectivity index (χ0n) is 17.3. The molecule has 0 radical (unpaired) electrons. The first-order valence-corrected chi connectivity index (χ1v) is 9.70. The molecule has 1 N–H and O–H groups in total. The number of aryl methyl sites for hydroxylation is 3. The van der Waals surface area contributed by atoms with Gasteiger partial charge in [-0.05, 0) is 49.1 Å². The molecular formula is C23H29NO5. The first kappa shape index (κ1) is 22.3. The van der Waals surface area contributed by atoms with Crippen LogP contribution in [0.1, 0.15) is 29.5 Å². The SMILES string of the molecule is COc1ccc(OC)c(CCC(=O)OCCNC(=O)CCc2ccc(C)cc2)c1. The van der Waals surface area contributed by atoms with E-state index >= 15 is 0 Å². The normalized spacial score (nSPS) is 10.3. The molecule has 29 heavy (non-hydrogen) atoms. The molecule has 0 aliphatic heterocycles. The Kier molecular flexibility index (Phi) is 9.02. The van der Waals surface area contributed by atoms with Gasteiger partial charge in [-0.25, -0.2) is 0 Å². The molecule has 6 nitrogen and oxygen atoms in total. The Morgan fingerprint density at radius 3 is 2.38 bits per heavy atom. The Balaban J connectivity index is 1.63. The van der Waals surface area contributed by atoms with Gasteiger partial charge in [-0.3, -0.25) is 9.59 Å². The third kappa shape index (κ3) is 7.86. The fourth-order valence-corrected chi connectivity index (χ4v) is 2.84. The van der Waals surface area contributed by atoms with E-state index in [0.717, 1.165) is 11.1 Å². The average molecular weight is 399 g/mol. The van der Waals surface area contributed by atoms with Crippen molar-refractivity contribution in [2.75, 3.05) is 27.4 Å². The van der Waals surface area contributed by atoms with Crippen molar-refractivity contribution in [1.29, 1.82) is 0 Å². The number of carbonyl (C=O) groups is 2. The molecule has 6 heteroatoms. The Morgan fingerprint density at radius 2 is 1.69 bits per heavy atom. The van der Waals surface area contributed by atoms with Crippen molar-refractivity contribution in [1.82, 2.24) is 5.32 Å². The average Bonchev–Trinajstić information content (AvgIpc) is 2.74. The number of benzene rings is 2. The van der Waals surface area contributed by atoms with Crippen LogP contribution in [0.2, 0.25) is 0 Å². The second-order valence-electron chi connectivity index (χ2n) is 6.73. The van der Waals surface area contributed by atoms with Crippen molar-refractivity contribution < 1.29 is 23.8 Å². The first-order chi connectivity index (χ1) is 14.0. The molecule has 0 aliphatic carbocycles. The van der Waals surface area contributed by atoms with E-state index < -0.39 is 0 Å². The van der Waals surface area contributed by atoms with Crippen LogP contribution in [-0.4, -0.2) is 39.2 Å². The van der Waals surface area contributed by atoms with Gasteiger partial charge in [0.25, 0.3) is 0 Å². The third-order valence-corrected chi connectivity index (χ3v) is 4.53. The molecule has 0 saturated carbocycles. The van der Waals surface area contributed by atoms with Crippen LogP contribution >= 0.6 is 0 Å². The Morgan fingerprint density at radius 1 is 0.931 bits per heavy atom. The second-order valence-corrected chi connectivity index (χ2v) is 6.73. The highest BCUT2D eigenvalue weighted by atomic mass is 16.5. The minimum Gasteiger partial charge on any atom is -0.497 e. The minimum absolute atomic E-state index is 0.0530. The zero-order valence-corrected chi connectivity index (χ0v) is 17.3. The first-order valence-electron chi connectivity index (χ1n) is 9.70. The minimum atomic E-state index is -0.316. The lowest BCUT2D eigenvalue weighted by atomic mass is 10.1. The number of amides is 1. The third-order valence-electron chi connectivity index (χ3n) is 4.53. The molecule has 0 fully saturated rings. The second kappa shape index (κ2) is 11.7. The van der Waals surface area contributed by atoms with E-state index in [-0.39, 0.29) is 24.9 Å². The molecule has 0 spiro atoms. The summed E-state index contributed by atoms with van der Waals surface area (Å²) in [6.45, 7) is 2.50. The number of esters is 1. The van der Waals surface area contributed by atoms with E-state index in [4.69, 9.17) is 14.2 Å². The molecule has 0 atom stereocenters. The Labute approximate surface area is 172 Å². The van der Waals surface area contributed by atoms with Crippen LogP contribution in [0.25, 0.3) is 0 Å². The highest BCUT2D eigenvalue weighted by molar-refractivity contribution is 5.76. The van der Waals surface area contributed by atoms with E-state index in [1.807, 2.05) is 49.4 Å². The highest BCUT2D eigenvalue weighted by Crippen LogP contribution is 2.25. The van der Waals surface area contributed by atoms with Gasteiger partial charge in [-0.2, -0.15) is 0 Å². The number of rotatable bonds is 11. The number of nitrogens with one attached hydrogen (secondary N) is 1. The van der Waals surface area contributed by atoms with E-state index in [9.17, 15) is 9.59 Å². The summed E-state index contributed by atoms with van der Waals surface area (Å²) < 4.78 is 15.7. The monoisotopic (exact) mass is 399 g/mol. The summed E-state index contributed by atoms with van der Waals surface area (Å²) in [5.74, 6) is 1.05. The summed E-state index contributed by atoms with van der Waals surface area (Å²) in [6, 6.07) is 13.6. The smallest absolute Gasteiger partial charge is 0.306 e. The van der Waals surface area contributed by atoms with Gasteiger partial charge < -0.3 is 19.5 Å².